The number of rotatable bonds is 5. The maximum Gasteiger partial charge on any atom is 0.510 e. The smallest absolute Gasteiger partial charge is 0.426 e. The number of allylic oxidation sites excluding steroid dienone is 4. The largest absolute Gasteiger partial charge is 0.510 e. The number of aliphatic hydroxyl groups excluding tert-OH is 1. The lowest BCUT2D eigenvalue weighted by Crippen LogP contribution is -2.70. The topological polar surface area (TPSA) is 163 Å². The zero-order chi connectivity index (χ0) is 32.0. The van der Waals surface area contributed by atoms with Gasteiger partial charge in [0, 0.05) is 16.7 Å². The number of carbonyl (C=O) groups is 3. The van der Waals surface area contributed by atoms with Crippen molar-refractivity contribution in [2.45, 2.75) is 89.4 Å². The molecule has 1 aromatic rings. The summed E-state index contributed by atoms with van der Waals surface area (Å²) in [6, 6.07) is 0. The molecule has 12 nitrogen and oxygen atoms in total. The molecule has 0 bridgehead atoms. The standard InChI is InChI=1S/C30H34F2N2O10/c1-26(2)43-22-10-18-17-6-5-15-9-16(35)7-8-27(15,3)29(17,32)20(36)11-28(18,4)30(22,44-26)21(37)13-41-25(40)42-14-34-12-19(31)23(38)33-24(34)39/h7-9,12,17-18,20,22,36H,5-6,10-11,13-14H2,1-4H3,(H,33,38,39). The van der Waals surface area contributed by atoms with Crippen LogP contribution in [-0.4, -0.2) is 68.3 Å². The maximum atomic E-state index is 17.5. The lowest BCUT2D eigenvalue weighted by molar-refractivity contribution is -0.246. The van der Waals surface area contributed by atoms with Crippen molar-refractivity contribution in [1.82, 2.24) is 9.55 Å². The molecule has 14 heteroatoms. The number of aromatic nitrogens is 2. The molecule has 1 aromatic heterocycles. The Morgan fingerprint density at radius 1 is 1.16 bits per heavy atom. The fourth-order valence-electron chi connectivity index (χ4n) is 8.78. The molecule has 0 spiro atoms. The van der Waals surface area contributed by atoms with Gasteiger partial charge in [0.15, 0.2) is 36.2 Å². The van der Waals surface area contributed by atoms with E-state index < -0.39 is 94.3 Å². The molecule has 4 aliphatic carbocycles. The monoisotopic (exact) mass is 620 g/mol. The summed E-state index contributed by atoms with van der Waals surface area (Å²) >= 11 is 0. The van der Waals surface area contributed by atoms with Gasteiger partial charge in [0.1, 0.15) is 0 Å². The number of hydrogen-bond acceptors (Lipinski definition) is 10. The molecule has 4 fully saturated rings. The summed E-state index contributed by atoms with van der Waals surface area (Å²) < 4.78 is 54.1. The molecule has 5 aliphatic rings. The van der Waals surface area contributed by atoms with Crippen molar-refractivity contribution in [3.8, 4) is 0 Å². The van der Waals surface area contributed by atoms with Gasteiger partial charge < -0.3 is 24.1 Å². The molecule has 238 valence electrons. The predicted molar refractivity (Wildman–Crippen MR) is 145 cm³/mol. The van der Waals surface area contributed by atoms with Crippen LogP contribution in [0.3, 0.4) is 0 Å². The average molecular weight is 621 g/mol. The Bertz CT molecular complexity index is 1630. The highest BCUT2D eigenvalue weighted by atomic mass is 19.1. The highest BCUT2D eigenvalue weighted by Crippen LogP contribution is 2.72. The van der Waals surface area contributed by atoms with Crippen LogP contribution in [0, 0.1) is 28.5 Å². The number of aliphatic hydroxyl groups is 1. The van der Waals surface area contributed by atoms with E-state index in [1.807, 2.05) is 0 Å². The van der Waals surface area contributed by atoms with E-state index in [4.69, 9.17) is 18.9 Å². The number of carbonyl (C=O) groups excluding carboxylic acids is 3. The van der Waals surface area contributed by atoms with Crippen molar-refractivity contribution < 1.29 is 47.2 Å². The first-order valence-electron chi connectivity index (χ1n) is 14.5. The van der Waals surface area contributed by atoms with Gasteiger partial charge in [-0.3, -0.25) is 23.9 Å². The maximum absolute atomic E-state index is 17.5. The molecule has 2 N–H and O–H groups in total. The number of H-pyrrole nitrogens is 1. The number of ketones is 2. The zero-order valence-electron chi connectivity index (χ0n) is 24.7. The van der Waals surface area contributed by atoms with E-state index in [1.54, 1.807) is 38.8 Å². The molecule has 44 heavy (non-hydrogen) atoms. The third-order valence-electron chi connectivity index (χ3n) is 10.7. The molecule has 1 aliphatic heterocycles. The van der Waals surface area contributed by atoms with Crippen LogP contribution in [0.5, 0.6) is 0 Å². The second-order valence-electron chi connectivity index (χ2n) is 13.3. The minimum atomic E-state index is -2.13. The van der Waals surface area contributed by atoms with Gasteiger partial charge in [0.05, 0.1) is 18.4 Å². The Balaban J connectivity index is 1.26. The van der Waals surface area contributed by atoms with Crippen molar-refractivity contribution in [2.75, 3.05) is 6.61 Å². The zero-order valence-corrected chi connectivity index (χ0v) is 24.7. The van der Waals surface area contributed by atoms with Gasteiger partial charge >= 0.3 is 11.8 Å². The summed E-state index contributed by atoms with van der Waals surface area (Å²) in [6.45, 7) is 5.10. The Morgan fingerprint density at radius 2 is 1.89 bits per heavy atom. The van der Waals surface area contributed by atoms with Crippen LogP contribution in [0.2, 0.25) is 0 Å². The highest BCUT2D eigenvalue weighted by molar-refractivity contribution is 6.01. The fourth-order valence-corrected chi connectivity index (χ4v) is 8.78. The van der Waals surface area contributed by atoms with E-state index in [9.17, 15) is 33.5 Å². The molecule has 3 saturated carbocycles. The Morgan fingerprint density at radius 3 is 2.61 bits per heavy atom. The number of fused-ring (bicyclic) bond motifs is 7. The number of Topliss-reactive ketones (excluding diaryl/α,β-unsaturated/α-hetero) is 1. The summed E-state index contributed by atoms with van der Waals surface area (Å²) in [5.41, 5.74) is -7.83. The van der Waals surface area contributed by atoms with Gasteiger partial charge in [-0.1, -0.05) is 18.6 Å². The molecule has 1 saturated heterocycles. The first kappa shape index (κ1) is 30.5. The molecule has 6 rings (SSSR count). The Labute approximate surface area is 250 Å². The minimum absolute atomic E-state index is 0.165. The number of aromatic amines is 1. The van der Waals surface area contributed by atoms with E-state index in [2.05, 4.69) is 0 Å². The summed E-state index contributed by atoms with van der Waals surface area (Å²) in [4.78, 5) is 63.3. The number of nitrogens with one attached hydrogen (secondary N) is 1. The number of alkyl halides is 1. The van der Waals surface area contributed by atoms with Crippen molar-refractivity contribution in [3.05, 3.63) is 56.7 Å². The fraction of sp³-hybridized carbons (Fsp3) is 0.633. The van der Waals surface area contributed by atoms with E-state index in [-0.39, 0.29) is 18.6 Å². The minimum Gasteiger partial charge on any atom is -0.426 e. The van der Waals surface area contributed by atoms with Gasteiger partial charge in [-0.05, 0) is 64.5 Å². The molecule has 0 amide bonds. The summed E-state index contributed by atoms with van der Waals surface area (Å²) in [5.74, 6) is -4.57. The SMILES string of the molecule is CC1(C)OC2CC3C4CCC5=CC(=O)C=CC5(C)C4(F)C(O)CC3(C)C2(C(=O)COC(=O)OCn2cc(F)c(=O)[nH]c2=O)O1. The first-order valence-corrected chi connectivity index (χ1v) is 14.5. The third-order valence-corrected chi connectivity index (χ3v) is 10.7. The summed E-state index contributed by atoms with van der Waals surface area (Å²) in [6.07, 6.45) is 2.01. The normalized spacial score (nSPS) is 39.9. The first-order chi connectivity index (χ1) is 20.5. The van der Waals surface area contributed by atoms with Crippen molar-refractivity contribution >= 4 is 17.7 Å². The van der Waals surface area contributed by atoms with Gasteiger partial charge in [-0.15, -0.1) is 0 Å². The van der Waals surface area contributed by atoms with Crippen LogP contribution < -0.4 is 11.2 Å². The van der Waals surface area contributed by atoms with E-state index >= 15 is 4.39 Å². The highest BCUT2D eigenvalue weighted by Gasteiger charge is 2.80. The van der Waals surface area contributed by atoms with E-state index in [0.717, 1.165) is 0 Å². The second-order valence-corrected chi connectivity index (χ2v) is 13.3. The Kier molecular flexibility index (Phi) is 6.77. The number of nitrogens with zero attached hydrogens (tertiary/aromatic N) is 1. The molecule has 0 aromatic carbocycles. The number of hydrogen-bond donors (Lipinski definition) is 2. The quantitative estimate of drug-likeness (QED) is 0.467. The molecule has 8 unspecified atom stereocenters. The lowest BCUT2D eigenvalue weighted by Gasteiger charge is -2.62. The number of halogens is 2. The van der Waals surface area contributed by atoms with Crippen molar-refractivity contribution in [2.24, 2.45) is 22.7 Å². The molecule has 0 radical (unpaired) electrons. The lowest BCUT2D eigenvalue weighted by atomic mass is 9.44. The van der Waals surface area contributed by atoms with Gasteiger partial charge in [0.25, 0.3) is 5.56 Å². The van der Waals surface area contributed by atoms with E-state index in [1.165, 1.54) is 12.2 Å². The molecular weight excluding hydrogens is 586 g/mol. The van der Waals surface area contributed by atoms with Gasteiger partial charge in [-0.2, -0.15) is 4.39 Å². The molecule has 8 atom stereocenters. The van der Waals surface area contributed by atoms with Crippen molar-refractivity contribution in [3.63, 3.8) is 0 Å². The average Bonchev–Trinajstić information content (AvgIpc) is 3.35. The molecule has 2 heterocycles. The summed E-state index contributed by atoms with van der Waals surface area (Å²) in [5, 5.41) is 11.6. The third kappa shape index (κ3) is 4.06. The van der Waals surface area contributed by atoms with Crippen molar-refractivity contribution in [1.29, 1.82) is 0 Å². The van der Waals surface area contributed by atoms with Crippen LogP contribution in [0.15, 0.2) is 39.6 Å². The van der Waals surface area contributed by atoms with Crippen LogP contribution in [0.1, 0.15) is 53.4 Å². The van der Waals surface area contributed by atoms with Crippen LogP contribution in [-0.2, 0) is 35.3 Å². The molecular formula is C30H34F2N2O10. The van der Waals surface area contributed by atoms with Gasteiger partial charge in [-0.25, -0.2) is 14.0 Å². The second kappa shape index (κ2) is 9.75. The van der Waals surface area contributed by atoms with Crippen LogP contribution in [0.25, 0.3) is 0 Å². The number of ether oxygens (including phenoxy) is 4. The summed E-state index contributed by atoms with van der Waals surface area (Å²) in [7, 11) is 0. The Hall–Kier alpha value is -3.49. The van der Waals surface area contributed by atoms with Crippen LogP contribution in [0.4, 0.5) is 13.6 Å². The van der Waals surface area contributed by atoms with Crippen LogP contribution >= 0.6 is 0 Å². The van der Waals surface area contributed by atoms with E-state index in [0.29, 0.717) is 29.2 Å². The van der Waals surface area contributed by atoms with Gasteiger partial charge in [0.2, 0.25) is 11.6 Å². The predicted octanol–water partition coefficient (Wildman–Crippen LogP) is 2.23.